The molecule has 0 fully saturated rings. The number of hydrogen-bond acceptors (Lipinski definition) is 6. The van der Waals surface area contributed by atoms with Gasteiger partial charge in [-0.15, -0.1) is 11.3 Å². The molecule has 17 heavy (non-hydrogen) atoms. The van der Waals surface area contributed by atoms with Gasteiger partial charge in [0.25, 0.3) is 5.89 Å². The number of nitrogens with two attached hydrogens (primary N) is 1. The molecule has 0 bridgehead atoms. The van der Waals surface area contributed by atoms with Crippen molar-refractivity contribution >= 4 is 28.1 Å². The smallest absolute Gasteiger partial charge is 0.260 e. The Morgan fingerprint density at radius 2 is 2.29 bits per heavy atom. The maximum absolute atomic E-state index is 5.94. The Balaban J connectivity index is 2.20. The summed E-state index contributed by atoms with van der Waals surface area (Å²) in [5, 5.41) is 4.70. The Bertz CT molecular complexity index is 493. The number of thiophene rings is 1. The highest BCUT2D eigenvalue weighted by Gasteiger charge is 2.14. The van der Waals surface area contributed by atoms with E-state index in [0.717, 1.165) is 34.3 Å². The molecule has 0 amide bonds. The first kappa shape index (κ1) is 12.4. The minimum absolute atomic E-state index is 0.533. The van der Waals surface area contributed by atoms with Crippen molar-refractivity contribution in [1.29, 1.82) is 0 Å². The molecule has 0 radical (unpaired) electrons. The Hall–Kier alpha value is -1.01. The van der Waals surface area contributed by atoms with Crippen LogP contribution >= 0.6 is 23.1 Å². The van der Waals surface area contributed by atoms with Gasteiger partial charge in [-0.1, -0.05) is 19.0 Å². The summed E-state index contributed by atoms with van der Waals surface area (Å²) in [6.45, 7) is 4.21. The Morgan fingerprint density at radius 1 is 1.47 bits per heavy atom. The molecule has 0 aromatic carbocycles. The number of nitrogens with zero attached hydrogens (tertiary/aromatic N) is 2. The van der Waals surface area contributed by atoms with Gasteiger partial charge in [0.2, 0.25) is 0 Å². The lowest BCUT2D eigenvalue weighted by Gasteiger charge is -1.90. The first-order valence-corrected chi connectivity index (χ1v) is 7.50. The monoisotopic (exact) mass is 269 g/mol. The Kier molecular flexibility index (Phi) is 4.06. The third-order valence-electron chi connectivity index (χ3n) is 2.29. The molecular formula is C11H15N3OS2. The van der Waals surface area contributed by atoms with Crippen LogP contribution in [0.2, 0.25) is 0 Å². The second-order valence-corrected chi connectivity index (χ2v) is 5.94. The molecule has 0 saturated heterocycles. The minimum atomic E-state index is 0.533. The number of rotatable bonds is 5. The first-order chi connectivity index (χ1) is 8.24. The fourth-order valence-corrected chi connectivity index (χ4v) is 2.78. The van der Waals surface area contributed by atoms with Crippen LogP contribution in [0.25, 0.3) is 11.5 Å². The first-order valence-electron chi connectivity index (χ1n) is 5.53. The normalized spacial score (nSPS) is 10.9. The zero-order valence-corrected chi connectivity index (χ0v) is 11.5. The Labute approximate surface area is 109 Å². The van der Waals surface area contributed by atoms with E-state index in [0.29, 0.717) is 5.89 Å². The third-order valence-corrected chi connectivity index (χ3v) is 4.27. The van der Waals surface area contributed by atoms with E-state index in [1.165, 1.54) is 4.88 Å². The number of nitrogen functional groups attached to an aromatic ring is 1. The summed E-state index contributed by atoms with van der Waals surface area (Å²) >= 11 is 3.35. The van der Waals surface area contributed by atoms with Crippen LogP contribution in [0, 0.1) is 0 Å². The van der Waals surface area contributed by atoms with Crippen molar-refractivity contribution in [3.8, 4) is 11.5 Å². The second kappa shape index (κ2) is 5.55. The summed E-state index contributed by atoms with van der Waals surface area (Å²) < 4.78 is 5.24. The topological polar surface area (TPSA) is 64.9 Å². The van der Waals surface area contributed by atoms with Crippen molar-refractivity contribution in [2.24, 2.45) is 0 Å². The second-order valence-electron chi connectivity index (χ2n) is 3.50. The van der Waals surface area contributed by atoms with Crippen molar-refractivity contribution in [3.05, 3.63) is 16.8 Å². The average molecular weight is 269 g/mol. The molecule has 2 N–H and O–H groups in total. The summed E-state index contributed by atoms with van der Waals surface area (Å²) in [7, 11) is 0. The van der Waals surface area contributed by atoms with Gasteiger partial charge in [-0.05, 0) is 18.2 Å². The van der Waals surface area contributed by atoms with Crippen LogP contribution in [-0.2, 0) is 12.2 Å². The fourth-order valence-electron chi connectivity index (χ4n) is 1.41. The highest BCUT2D eigenvalue weighted by Crippen LogP contribution is 2.33. The minimum Gasteiger partial charge on any atom is -0.390 e. The highest BCUT2D eigenvalue weighted by atomic mass is 32.2. The molecule has 4 nitrogen and oxygen atoms in total. The van der Waals surface area contributed by atoms with Gasteiger partial charge in [0.15, 0.2) is 5.82 Å². The van der Waals surface area contributed by atoms with E-state index in [4.69, 9.17) is 10.3 Å². The number of aryl methyl sites for hydroxylation is 1. The van der Waals surface area contributed by atoms with Gasteiger partial charge < -0.3 is 10.3 Å². The maximum Gasteiger partial charge on any atom is 0.260 e. The average Bonchev–Trinajstić information content (AvgIpc) is 2.92. The van der Waals surface area contributed by atoms with Crippen molar-refractivity contribution in [2.75, 3.05) is 11.5 Å². The van der Waals surface area contributed by atoms with E-state index in [2.05, 4.69) is 24.0 Å². The van der Waals surface area contributed by atoms with E-state index < -0.39 is 0 Å². The molecule has 0 unspecified atom stereocenters. The van der Waals surface area contributed by atoms with Crippen LogP contribution < -0.4 is 5.73 Å². The predicted molar refractivity (Wildman–Crippen MR) is 73.2 cm³/mol. The molecule has 0 aliphatic carbocycles. The molecule has 2 aromatic rings. The van der Waals surface area contributed by atoms with Gasteiger partial charge in [-0.2, -0.15) is 16.7 Å². The molecule has 0 atom stereocenters. The Morgan fingerprint density at radius 3 is 2.94 bits per heavy atom. The van der Waals surface area contributed by atoms with Gasteiger partial charge in [0, 0.05) is 4.88 Å². The quantitative estimate of drug-likeness (QED) is 0.903. The van der Waals surface area contributed by atoms with Crippen molar-refractivity contribution in [3.63, 3.8) is 0 Å². The molecule has 0 saturated carbocycles. The molecule has 2 heterocycles. The number of aromatic nitrogens is 2. The van der Waals surface area contributed by atoms with Crippen LogP contribution in [0.4, 0.5) is 5.00 Å². The summed E-state index contributed by atoms with van der Waals surface area (Å²) in [4.78, 5) is 5.59. The standard InChI is InChI=1S/C11H15N3OS2/c1-3-7-5-8(10(12)17-7)11-13-9(14-15-11)6-16-4-2/h5H,3-4,6,12H2,1-2H3. The van der Waals surface area contributed by atoms with E-state index in [-0.39, 0.29) is 0 Å². The van der Waals surface area contributed by atoms with Gasteiger partial charge in [0.1, 0.15) is 0 Å². The molecule has 6 heteroatoms. The van der Waals surface area contributed by atoms with Crippen LogP contribution in [0.1, 0.15) is 24.5 Å². The summed E-state index contributed by atoms with van der Waals surface area (Å²) in [5.74, 6) is 3.09. The number of thioether (sulfide) groups is 1. The molecule has 2 aromatic heterocycles. The third kappa shape index (κ3) is 2.81. The lowest BCUT2D eigenvalue weighted by atomic mass is 10.2. The summed E-state index contributed by atoms with van der Waals surface area (Å²) in [6, 6.07) is 2.03. The van der Waals surface area contributed by atoms with E-state index in [1.54, 1.807) is 23.1 Å². The van der Waals surface area contributed by atoms with Crippen molar-refractivity contribution < 1.29 is 4.52 Å². The molecule has 0 aliphatic heterocycles. The zero-order chi connectivity index (χ0) is 12.3. The van der Waals surface area contributed by atoms with Crippen LogP contribution in [0.3, 0.4) is 0 Å². The fraction of sp³-hybridized carbons (Fsp3) is 0.455. The van der Waals surface area contributed by atoms with E-state index >= 15 is 0 Å². The van der Waals surface area contributed by atoms with Crippen LogP contribution in [-0.4, -0.2) is 15.9 Å². The number of anilines is 1. The molecule has 2 rings (SSSR count). The number of hydrogen-bond donors (Lipinski definition) is 1. The molecule has 0 aliphatic rings. The summed E-state index contributed by atoms with van der Waals surface area (Å²) in [5.41, 5.74) is 6.81. The van der Waals surface area contributed by atoms with Gasteiger partial charge in [0.05, 0.1) is 16.3 Å². The lowest BCUT2D eigenvalue weighted by molar-refractivity contribution is 0.425. The lowest BCUT2D eigenvalue weighted by Crippen LogP contribution is -1.86. The largest absolute Gasteiger partial charge is 0.390 e. The van der Waals surface area contributed by atoms with Gasteiger partial charge >= 0.3 is 0 Å². The van der Waals surface area contributed by atoms with Crippen LogP contribution in [0.15, 0.2) is 10.6 Å². The zero-order valence-electron chi connectivity index (χ0n) is 9.90. The summed E-state index contributed by atoms with van der Waals surface area (Å²) in [6.07, 6.45) is 0.974. The van der Waals surface area contributed by atoms with Crippen LogP contribution in [0.5, 0.6) is 0 Å². The van der Waals surface area contributed by atoms with Crippen molar-refractivity contribution in [2.45, 2.75) is 26.0 Å². The van der Waals surface area contributed by atoms with E-state index in [9.17, 15) is 0 Å². The SMILES string of the molecule is CCSCc1noc(-c2cc(CC)sc2N)n1. The van der Waals surface area contributed by atoms with Gasteiger partial charge in [-0.3, -0.25) is 0 Å². The highest BCUT2D eigenvalue weighted by molar-refractivity contribution is 7.98. The molecular weight excluding hydrogens is 254 g/mol. The molecule has 0 spiro atoms. The molecule has 92 valence electrons. The van der Waals surface area contributed by atoms with Gasteiger partial charge in [-0.25, -0.2) is 0 Å². The van der Waals surface area contributed by atoms with E-state index in [1.807, 2.05) is 6.07 Å². The maximum atomic E-state index is 5.94. The predicted octanol–water partition coefficient (Wildman–Crippen LogP) is 3.20. The van der Waals surface area contributed by atoms with Crippen molar-refractivity contribution in [1.82, 2.24) is 10.1 Å².